The average Bonchev–Trinajstić information content (AvgIpc) is 2.55. The Morgan fingerprint density at radius 2 is 1.96 bits per heavy atom. The number of halogens is 1. The number of ether oxygens (including phenoxy) is 1. The molecule has 1 aromatic heterocycles. The fraction of sp³-hybridized carbons (Fsp3) is 0.353. The third-order valence-corrected chi connectivity index (χ3v) is 4.18. The van der Waals surface area contributed by atoms with Gasteiger partial charge in [0.1, 0.15) is 5.56 Å². The summed E-state index contributed by atoms with van der Waals surface area (Å²) in [5, 5.41) is 7.46. The molecule has 1 N–H and O–H groups in total. The molecule has 24 heavy (non-hydrogen) atoms. The van der Waals surface area contributed by atoms with Crippen LogP contribution in [0.1, 0.15) is 33.3 Å². The Balaban J connectivity index is 2.18. The van der Waals surface area contributed by atoms with Crippen LogP contribution in [0.3, 0.4) is 0 Å². The lowest BCUT2D eigenvalue weighted by atomic mass is 10.1. The van der Waals surface area contributed by atoms with Crippen LogP contribution in [-0.2, 0) is 11.8 Å². The van der Waals surface area contributed by atoms with Crippen molar-refractivity contribution in [2.45, 2.75) is 20.0 Å². The van der Waals surface area contributed by atoms with E-state index in [1.54, 1.807) is 33.1 Å². The van der Waals surface area contributed by atoms with Crippen molar-refractivity contribution in [1.29, 1.82) is 0 Å². The first-order valence-electron chi connectivity index (χ1n) is 7.46. The van der Waals surface area contributed by atoms with Gasteiger partial charge in [0.2, 0.25) is 0 Å². The van der Waals surface area contributed by atoms with Gasteiger partial charge in [-0.2, -0.15) is 5.10 Å². The summed E-state index contributed by atoms with van der Waals surface area (Å²) >= 11 is 5.88. The Morgan fingerprint density at radius 1 is 1.33 bits per heavy atom. The summed E-state index contributed by atoms with van der Waals surface area (Å²) in [6, 6.07) is 7.20. The molecule has 0 aliphatic heterocycles. The van der Waals surface area contributed by atoms with Gasteiger partial charge in [0.15, 0.2) is 0 Å². The van der Waals surface area contributed by atoms with Crippen LogP contribution in [0.2, 0.25) is 5.02 Å². The van der Waals surface area contributed by atoms with E-state index in [0.717, 1.165) is 5.56 Å². The van der Waals surface area contributed by atoms with Gasteiger partial charge >= 0.3 is 0 Å². The number of aryl methyl sites for hydroxylation is 2. The minimum Gasteiger partial charge on any atom is -0.375 e. The van der Waals surface area contributed by atoms with E-state index in [1.165, 1.54) is 11.7 Å². The van der Waals surface area contributed by atoms with Crippen LogP contribution < -0.4 is 10.9 Å². The molecule has 0 bridgehead atoms. The first kappa shape index (κ1) is 18.2. The topological polar surface area (TPSA) is 73.2 Å². The van der Waals surface area contributed by atoms with Gasteiger partial charge in [-0.05, 0) is 37.1 Å². The summed E-state index contributed by atoms with van der Waals surface area (Å²) in [7, 11) is 3.09. The lowest BCUT2D eigenvalue weighted by Crippen LogP contribution is -2.37. The van der Waals surface area contributed by atoms with E-state index >= 15 is 0 Å². The lowest BCUT2D eigenvalue weighted by Gasteiger charge is -2.17. The maximum absolute atomic E-state index is 12.5. The van der Waals surface area contributed by atoms with E-state index in [2.05, 4.69) is 10.4 Å². The van der Waals surface area contributed by atoms with Crippen molar-refractivity contribution in [1.82, 2.24) is 15.1 Å². The van der Waals surface area contributed by atoms with Gasteiger partial charge in [-0.25, -0.2) is 4.68 Å². The molecule has 0 radical (unpaired) electrons. The molecule has 1 amide bonds. The molecule has 6 nitrogen and oxygen atoms in total. The molecule has 1 heterocycles. The molecule has 2 aromatic rings. The Kier molecular flexibility index (Phi) is 5.75. The second kappa shape index (κ2) is 7.59. The van der Waals surface area contributed by atoms with E-state index in [9.17, 15) is 9.59 Å². The van der Waals surface area contributed by atoms with Crippen LogP contribution in [0.4, 0.5) is 0 Å². The number of nitrogens with one attached hydrogen (secondary N) is 1. The lowest BCUT2D eigenvalue weighted by molar-refractivity contribution is 0.0825. The monoisotopic (exact) mass is 349 g/mol. The maximum Gasteiger partial charge on any atom is 0.279 e. The van der Waals surface area contributed by atoms with E-state index in [1.807, 2.05) is 12.1 Å². The molecule has 128 valence electrons. The molecule has 7 heteroatoms. The van der Waals surface area contributed by atoms with Crippen molar-refractivity contribution in [2.24, 2.45) is 7.05 Å². The summed E-state index contributed by atoms with van der Waals surface area (Å²) in [6.45, 7) is 3.71. The van der Waals surface area contributed by atoms with Crippen LogP contribution >= 0.6 is 11.6 Å². The van der Waals surface area contributed by atoms with Crippen LogP contribution in [0.15, 0.2) is 29.1 Å². The molecule has 1 atom stereocenters. The molecular formula is C17H20ClN3O3. The van der Waals surface area contributed by atoms with E-state index in [0.29, 0.717) is 16.3 Å². The highest BCUT2D eigenvalue weighted by Gasteiger charge is 2.19. The predicted molar refractivity (Wildman–Crippen MR) is 92.5 cm³/mol. The van der Waals surface area contributed by atoms with Gasteiger partial charge in [-0.15, -0.1) is 0 Å². The number of hydrogen-bond acceptors (Lipinski definition) is 4. The minimum absolute atomic E-state index is 0.107. The first-order chi connectivity index (χ1) is 11.3. The maximum atomic E-state index is 12.5. The molecule has 0 aliphatic rings. The van der Waals surface area contributed by atoms with E-state index in [-0.39, 0.29) is 18.2 Å². The highest BCUT2D eigenvalue weighted by Crippen LogP contribution is 2.18. The number of carbonyl (C=O) groups excluding carboxylic acids is 1. The van der Waals surface area contributed by atoms with E-state index < -0.39 is 11.5 Å². The second-order valence-corrected chi connectivity index (χ2v) is 5.94. The van der Waals surface area contributed by atoms with Gasteiger partial charge in [0.25, 0.3) is 11.5 Å². The van der Waals surface area contributed by atoms with Crippen molar-refractivity contribution >= 4 is 17.5 Å². The van der Waals surface area contributed by atoms with Gasteiger partial charge in [0.05, 0.1) is 11.8 Å². The normalized spacial score (nSPS) is 12.0. The fourth-order valence-corrected chi connectivity index (χ4v) is 2.53. The molecule has 1 aromatic carbocycles. The number of aromatic nitrogens is 2. The molecule has 0 saturated carbocycles. The van der Waals surface area contributed by atoms with Crippen molar-refractivity contribution in [3.8, 4) is 0 Å². The Bertz CT molecular complexity index is 800. The van der Waals surface area contributed by atoms with Crippen LogP contribution in [0, 0.1) is 13.8 Å². The van der Waals surface area contributed by atoms with Gasteiger partial charge in [0, 0.05) is 25.7 Å². The highest BCUT2D eigenvalue weighted by atomic mass is 35.5. The molecule has 0 aliphatic carbocycles. The minimum atomic E-state index is -0.436. The molecule has 0 saturated heterocycles. The largest absolute Gasteiger partial charge is 0.375 e. The average molecular weight is 350 g/mol. The van der Waals surface area contributed by atoms with Gasteiger partial charge in [-0.3, -0.25) is 9.59 Å². The molecule has 0 fully saturated rings. The third kappa shape index (κ3) is 3.83. The van der Waals surface area contributed by atoms with Crippen molar-refractivity contribution < 1.29 is 9.53 Å². The van der Waals surface area contributed by atoms with Gasteiger partial charge < -0.3 is 10.1 Å². The number of carbonyl (C=O) groups is 1. The number of benzene rings is 1. The second-order valence-electron chi connectivity index (χ2n) is 5.50. The molecule has 0 unspecified atom stereocenters. The van der Waals surface area contributed by atoms with Gasteiger partial charge in [-0.1, -0.05) is 23.7 Å². The first-order valence-corrected chi connectivity index (χ1v) is 7.84. The molecule has 0 spiro atoms. The molecular weight excluding hydrogens is 330 g/mol. The Hall–Kier alpha value is -2.18. The number of hydrogen-bond donors (Lipinski definition) is 1. The number of nitrogens with zero attached hydrogens (tertiary/aromatic N) is 2. The van der Waals surface area contributed by atoms with Crippen molar-refractivity contribution in [3.05, 3.63) is 62.0 Å². The van der Waals surface area contributed by atoms with Crippen molar-refractivity contribution in [2.75, 3.05) is 13.7 Å². The highest BCUT2D eigenvalue weighted by molar-refractivity contribution is 6.30. The Labute approximate surface area is 145 Å². The number of amides is 1. The van der Waals surface area contributed by atoms with Crippen LogP contribution in [0.25, 0.3) is 0 Å². The van der Waals surface area contributed by atoms with Crippen LogP contribution in [0.5, 0.6) is 0 Å². The fourth-order valence-electron chi connectivity index (χ4n) is 2.40. The summed E-state index contributed by atoms with van der Waals surface area (Å²) in [5.74, 6) is -0.436. The van der Waals surface area contributed by atoms with E-state index in [4.69, 9.17) is 16.3 Å². The number of rotatable bonds is 5. The zero-order chi connectivity index (χ0) is 17.9. The summed E-state index contributed by atoms with van der Waals surface area (Å²) in [6.07, 6.45) is -0.335. The Morgan fingerprint density at radius 3 is 2.54 bits per heavy atom. The standard InChI is InChI=1S/C17H20ClN3O3/c1-10-11(2)20-21(3)17(23)15(10)16(22)19-9-14(24-4)12-5-7-13(18)8-6-12/h5-8,14H,9H2,1-4H3,(H,19,22)/t14-/m0/s1. The summed E-state index contributed by atoms with van der Waals surface area (Å²) < 4.78 is 6.59. The summed E-state index contributed by atoms with van der Waals surface area (Å²) in [4.78, 5) is 24.7. The zero-order valence-electron chi connectivity index (χ0n) is 14.1. The quantitative estimate of drug-likeness (QED) is 0.897. The molecule has 2 rings (SSSR count). The summed E-state index contributed by atoms with van der Waals surface area (Å²) in [5.41, 5.74) is 1.80. The van der Waals surface area contributed by atoms with Crippen LogP contribution in [-0.4, -0.2) is 29.3 Å². The van der Waals surface area contributed by atoms with Crippen molar-refractivity contribution in [3.63, 3.8) is 0 Å². The number of methoxy groups -OCH3 is 1. The predicted octanol–water partition coefficient (Wildman–Crippen LogP) is 2.17. The SMILES string of the molecule is CO[C@@H](CNC(=O)c1c(C)c(C)nn(C)c1=O)c1ccc(Cl)cc1. The third-order valence-electron chi connectivity index (χ3n) is 3.93. The smallest absolute Gasteiger partial charge is 0.279 e. The zero-order valence-corrected chi connectivity index (χ0v) is 14.8.